The lowest BCUT2D eigenvalue weighted by Gasteiger charge is -2.35. The zero-order chi connectivity index (χ0) is 14.8. The molecule has 0 heterocycles. The van der Waals surface area contributed by atoms with Gasteiger partial charge in [-0.25, -0.2) is 0 Å². The van der Waals surface area contributed by atoms with E-state index in [1.165, 1.54) is 26.2 Å². The Morgan fingerprint density at radius 3 is 2.25 bits per heavy atom. The average Bonchev–Trinajstić information content (AvgIpc) is 2.49. The summed E-state index contributed by atoms with van der Waals surface area (Å²) in [6, 6.07) is 10.3. The minimum Gasteiger partial charge on any atom is -0.326 e. The molecule has 1 N–H and O–H groups in total. The summed E-state index contributed by atoms with van der Waals surface area (Å²) in [4.78, 5) is 11.8. The molecule has 0 saturated carbocycles. The molecule has 1 rings (SSSR count). The van der Waals surface area contributed by atoms with E-state index in [1.807, 2.05) is 24.3 Å². The molecule has 0 aliphatic heterocycles. The zero-order valence-corrected chi connectivity index (χ0v) is 13.1. The highest BCUT2D eigenvalue weighted by atomic mass is 16.1. The van der Waals surface area contributed by atoms with Crippen molar-refractivity contribution >= 4 is 11.6 Å². The quantitative estimate of drug-likeness (QED) is 0.543. The lowest BCUT2D eigenvalue weighted by molar-refractivity contribution is -0.923. The van der Waals surface area contributed by atoms with Crippen LogP contribution in [0.5, 0.6) is 0 Å². The maximum Gasteiger partial charge on any atom is 0.224 e. The second-order valence-electron chi connectivity index (χ2n) is 5.31. The third kappa shape index (κ3) is 5.33. The molecule has 3 nitrogen and oxygen atoms in total. The summed E-state index contributed by atoms with van der Waals surface area (Å²) in [6.45, 7) is 11.5. The Bertz CT molecular complexity index is 377. The predicted octanol–water partition coefficient (Wildman–Crippen LogP) is 3.47. The normalized spacial score (nSPS) is 11.3. The molecule has 1 aromatic rings. The van der Waals surface area contributed by atoms with Gasteiger partial charge in [-0.2, -0.15) is 0 Å². The van der Waals surface area contributed by atoms with Crippen molar-refractivity contribution in [1.82, 2.24) is 0 Å². The van der Waals surface area contributed by atoms with E-state index in [-0.39, 0.29) is 5.91 Å². The van der Waals surface area contributed by atoms with Crippen LogP contribution in [0.4, 0.5) is 5.69 Å². The van der Waals surface area contributed by atoms with Gasteiger partial charge >= 0.3 is 0 Å². The van der Waals surface area contributed by atoms with Crippen molar-refractivity contribution in [2.75, 3.05) is 31.5 Å². The van der Waals surface area contributed by atoms with E-state index in [2.05, 4.69) is 32.2 Å². The van der Waals surface area contributed by atoms with E-state index < -0.39 is 0 Å². The smallest absolute Gasteiger partial charge is 0.224 e. The summed E-state index contributed by atoms with van der Waals surface area (Å²) in [6.07, 6.45) is 2.69. The number of hydrogen-bond acceptors (Lipinski definition) is 1. The summed E-state index contributed by atoms with van der Waals surface area (Å²) < 4.78 is 1.16. The molecule has 0 fully saturated rings. The van der Waals surface area contributed by atoms with Crippen LogP contribution in [0.25, 0.3) is 0 Å². The minimum atomic E-state index is 0.110. The fourth-order valence-corrected chi connectivity index (χ4v) is 2.57. The van der Waals surface area contributed by atoms with E-state index in [0.29, 0.717) is 6.42 Å². The molecule has 0 aliphatic carbocycles. The van der Waals surface area contributed by atoms with Crippen LogP contribution in [0.1, 0.15) is 40.0 Å². The van der Waals surface area contributed by atoms with Crippen molar-refractivity contribution in [3.8, 4) is 0 Å². The Balaban J connectivity index is 2.25. The standard InChI is InChI=1S/C17H27N2O/c1-4-19(5-2,6-3)15-11-10-14-17(20)18-16-12-8-7-9-13-16/h8-9,12-13H,4-6,10-11,14-15H2,1-3H3/p+1. The monoisotopic (exact) mass is 276 g/mol. The lowest BCUT2D eigenvalue weighted by Crippen LogP contribution is -2.48. The van der Waals surface area contributed by atoms with Crippen molar-refractivity contribution in [2.45, 2.75) is 40.0 Å². The van der Waals surface area contributed by atoms with Crippen LogP contribution in [-0.4, -0.2) is 36.6 Å². The Morgan fingerprint density at radius 2 is 1.70 bits per heavy atom. The van der Waals surface area contributed by atoms with Crippen LogP contribution >= 0.6 is 0 Å². The summed E-state index contributed by atoms with van der Waals surface area (Å²) in [5.74, 6) is 0.110. The van der Waals surface area contributed by atoms with E-state index in [0.717, 1.165) is 23.0 Å². The summed E-state index contributed by atoms with van der Waals surface area (Å²) >= 11 is 0. The molecule has 1 radical (unpaired) electrons. The van der Waals surface area contributed by atoms with Crippen LogP contribution < -0.4 is 5.32 Å². The molecule has 20 heavy (non-hydrogen) atoms. The van der Waals surface area contributed by atoms with Gasteiger partial charge < -0.3 is 9.80 Å². The number of anilines is 1. The van der Waals surface area contributed by atoms with Gasteiger partial charge in [0.25, 0.3) is 0 Å². The molecule has 3 heteroatoms. The first-order chi connectivity index (χ1) is 9.65. The summed E-state index contributed by atoms with van der Waals surface area (Å²) in [5.41, 5.74) is 0.856. The van der Waals surface area contributed by atoms with Gasteiger partial charge in [0.15, 0.2) is 0 Å². The van der Waals surface area contributed by atoms with Crippen molar-refractivity contribution in [2.24, 2.45) is 0 Å². The van der Waals surface area contributed by atoms with Crippen molar-refractivity contribution in [1.29, 1.82) is 0 Å². The molecular formula is C17H28N2O+. The Kier molecular flexibility index (Phi) is 7.31. The highest BCUT2D eigenvalue weighted by molar-refractivity contribution is 5.90. The Morgan fingerprint density at radius 1 is 1.10 bits per heavy atom. The molecule has 1 amide bonds. The largest absolute Gasteiger partial charge is 0.326 e. The van der Waals surface area contributed by atoms with Gasteiger partial charge in [-0.1, -0.05) is 12.1 Å². The van der Waals surface area contributed by atoms with Crippen LogP contribution in [0.15, 0.2) is 24.3 Å². The molecule has 0 saturated heterocycles. The first kappa shape index (κ1) is 16.7. The number of carbonyl (C=O) groups excluding carboxylic acids is 1. The molecule has 0 unspecified atom stereocenters. The molecule has 0 spiro atoms. The second kappa shape index (κ2) is 8.75. The third-order valence-corrected chi connectivity index (χ3v) is 4.30. The van der Waals surface area contributed by atoms with Gasteiger partial charge in [0.1, 0.15) is 0 Å². The van der Waals surface area contributed by atoms with Gasteiger partial charge in [-0.3, -0.25) is 4.79 Å². The van der Waals surface area contributed by atoms with E-state index in [4.69, 9.17) is 0 Å². The molecule has 0 bridgehead atoms. The Labute approximate surface area is 123 Å². The number of amides is 1. The highest BCUT2D eigenvalue weighted by Gasteiger charge is 2.19. The lowest BCUT2D eigenvalue weighted by atomic mass is 10.2. The first-order valence-corrected chi connectivity index (χ1v) is 7.77. The van der Waals surface area contributed by atoms with E-state index in [9.17, 15) is 4.79 Å². The van der Waals surface area contributed by atoms with Crippen molar-refractivity contribution in [3.63, 3.8) is 0 Å². The van der Waals surface area contributed by atoms with Gasteiger partial charge in [0, 0.05) is 12.1 Å². The fraction of sp³-hybridized carbons (Fsp3) is 0.588. The number of unbranched alkanes of at least 4 members (excludes halogenated alkanes) is 1. The second-order valence-corrected chi connectivity index (χ2v) is 5.31. The molecule has 0 atom stereocenters. The number of benzene rings is 1. The minimum absolute atomic E-state index is 0.110. The van der Waals surface area contributed by atoms with Gasteiger partial charge in [0.2, 0.25) is 5.91 Å². The molecule has 0 aromatic heterocycles. The van der Waals surface area contributed by atoms with Gasteiger partial charge in [-0.05, 0) is 51.8 Å². The number of quaternary nitrogens is 1. The van der Waals surface area contributed by atoms with Gasteiger partial charge in [0.05, 0.1) is 26.2 Å². The highest BCUT2D eigenvalue weighted by Crippen LogP contribution is 2.11. The number of rotatable bonds is 9. The van der Waals surface area contributed by atoms with E-state index in [1.54, 1.807) is 0 Å². The van der Waals surface area contributed by atoms with Crippen molar-refractivity contribution < 1.29 is 9.28 Å². The maximum absolute atomic E-state index is 11.8. The van der Waals surface area contributed by atoms with Crippen LogP contribution in [0.3, 0.4) is 0 Å². The third-order valence-electron chi connectivity index (χ3n) is 4.30. The maximum atomic E-state index is 11.8. The number of hydrogen-bond donors (Lipinski definition) is 1. The molecule has 111 valence electrons. The first-order valence-electron chi connectivity index (χ1n) is 7.77. The van der Waals surface area contributed by atoms with E-state index >= 15 is 0 Å². The fourth-order valence-electron chi connectivity index (χ4n) is 2.57. The number of nitrogens with one attached hydrogen (secondary N) is 1. The number of nitrogens with zero attached hydrogens (tertiary/aromatic N) is 1. The predicted molar refractivity (Wildman–Crippen MR) is 84.5 cm³/mol. The SMILES string of the molecule is CC[N+](CC)(CC)CCCCC(=O)Nc1cc[c]cc1. The Hall–Kier alpha value is -1.35. The summed E-state index contributed by atoms with van der Waals surface area (Å²) in [5, 5.41) is 2.92. The average molecular weight is 276 g/mol. The zero-order valence-electron chi connectivity index (χ0n) is 13.1. The van der Waals surface area contributed by atoms with Crippen LogP contribution in [0, 0.1) is 6.07 Å². The van der Waals surface area contributed by atoms with Crippen molar-refractivity contribution in [3.05, 3.63) is 30.3 Å². The van der Waals surface area contributed by atoms with Crippen LogP contribution in [0.2, 0.25) is 0 Å². The topological polar surface area (TPSA) is 29.1 Å². The molecule has 0 aliphatic rings. The number of carbonyl (C=O) groups is 1. The van der Waals surface area contributed by atoms with Gasteiger partial charge in [-0.15, -0.1) is 0 Å². The van der Waals surface area contributed by atoms with Crippen LogP contribution in [-0.2, 0) is 4.79 Å². The summed E-state index contributed by atoms with van der Waals surface area (Å²) in [7, 11) is 0. The molecule has 1 aromatic carbocycles. The molecular weight excluding hydrogens is 248 g/mol.